The largest absolute Gasteiger partial charge is 0.438 e. The number of nitrogens with one attached hydrogen (secondary N) is 1. The van der Waals surface area contributed by atoms with Crippen molar-refractivity contribution in [1.82, 2.24) is 5.32 Å². The minimum Gasteiger partial charge on any atom is -0.322 e. The first kappa shape index (κ1) is 13.9. The van der Waals surface area contributed by atoms with Crippen LogP contribution in [0.2, 0.25) is 0 Å². The number of amides is 1. The Morgan fingerprint density at radius 2 is 2.07 bits per heavy atom. The lowest BCUT2D eigenvalue weighted by molar-refractivity contribution is -0.212. The number of Topliss-reactive ketones (excluding diaryl/α,β-unsaturated/α-hetero) is 1. The van der Waals surface area contributed by atoms with Crippen molar-refractivity contribution >= 4 is 11.9 Å². The van der Waals surface area contributed by atoms with E-state index < -0.39 is 12.1 Å². The van der Waals surface area contributed by atoms with E-state index in [1.54, 1.807) is 0 Å². The molecule has 0 aromatic rings. The third-order valence-electron chi connectivity index (χ3n) is 1.89. The van der Waals surface area contributed by atoms with E-state index in [-0.39, 0.29) is 5.78 Å². The smallest absolute Gasteiger partial charge is 0.322 e. The maximum atomic E-state index is 10.8. The van der Waals surface area contributed by atoms with E-state index >= 15 is 0 Å². The minimum atomic E-state index is -0.617. The van der Waals surface area contributed by atoms with Gasteiger partial charge in [-0.2, -0.15) is 4.89 Å². The Kier molecular flexibility index (Phi) is 7.57. The summed E-state index contributed by atoms with van der Waals surface area (Å²) in [6.07, 6.45) is 1.55. The van der Waals surface area contributed by atoms with E-state index in [1.165, 1.54) is 14.0 Å². The summed E-state index contributed by atoms with van der Waals surface area (Å²) in [5.74, 6) is -0.0123. The van der Waals surface area contributed by atoms with Gasteiger partial charge in [0.15, 0.2) is 0 Å². The van der Waals surface area contributed by atoms with E-state index in [1.807, 2.05) is 0 Å². The van der Waals surface area contributed by atoms with Crippen LogP contribution in [0.1, 0.15) is 26.2 Å². The molecule has 0 saturated heterocycles. The second-order valence-corrected chi connectivity index (χ2v) is 3.18. The topological polar surface area (TPSA) is 90.7 Å². The zero-order valence-electron chi connectivity index (χ0n) is 9.12. The second-order valence-electron chi connectivity index (χ2n) is 3.18. The molecule has 6 heteroatoms. The molecular formula is C9H18N2O4. The summed E-state index contributed by atoms with van der Waals surface area (Å²) in [5.41, 5.74) is 5.52. The van der Waals surface area contributed by atoms with Gasteiger partial charge in [0, 0.05) is 6.54 Å². The minimum absolute atomic E-state index is 0.0123. The molecule has 0 heterocycles. The fourth-order valence-corrected chi connectivity index (χ4v) is 0.988. The number of rotatable bonds is 7. The van der Waals surface area contributed by atoms with Gasteiger partial charge in [-0.05, 0) is 26.2 Å². The van der Waals surface area contributed by atoms with Crippen molar-refractivity contribution < 1.29 is 19.4 Å². The number of unbranched alkanes of at least 4 members (excludes halogenated alkanes) is 1. The fraction of sp³-hybridized carbons (Fsp3) is 0.778. The van der Waals surface area contributed by atoms with Gasteiger partial charge < -0.3 is 11.1 Å². The molecule has 6 nitrogen and oxygen atoms in total. The highest BCUT2D eigenvalue weighted by Gasteiger charge is 2.07. The Balaban J connectivity index is 3.32. The molecule has 15 heavy (non-hydrogen) atoms. The third-order valence-corrected chi connectivity index (χ3v) is 1.89. The fourth-order valence-electron chi connectivity index (χ4n) is 0.988. The summed E-state index contributed by atoms with van der Waals surface area (Å²) in [7, 11) is 1.26. The van der Waals surface area contributed by atoms with Gasteiger partial charge in [0.2, 0.25) is 0 Å². The Labute approximate surface area is 89.0 Å². The molecule has 1 amide bonds. The maximum absolute atomic E-state index is 10.8. The lowest BCUT2D eigenvalue weighted by atomic mass is 10.1. The molecule has 0 saturated carbocycles. The molecule has 0 aliphatic rings. The molecule has 0 rings (SSSR count). The molecule has 0 aliphatic carbocycles. The first-order valence-electron chi connectivity index (χ1n) is 4.82. The summed E-state index contributed by atoms with van der Waals surface area (Å²) < 4.78 is 0. The van der Waals surface area contributed by atoms with Crippen LogP contribution in [0.15, 0.2) is 0 Å². The lowest BCUT2D eigenvalue weighted by Gasteiger charge is -2.07. The van der Waals surface area contributed by atoms with Crippen molar-refractivity contribution in [1.29, 1.82) is 0 Å². The van der Waals surface area contributed by atoms with Gasteiger partial charge in [-0.25, -0.2) is 4.79 Å². The van der Waals surface area contributed by atoms with Gasteiger partial charge in [-0.1, -0.05) is 0 Å². The van der Waals surface area contributed by atoms with Gasteiger partial charge in [-0.3, -0.25) is 9.68 Å². The van der Waals surface area contributed by atoms with Crippen LogP contribution in [0.4, 0.5) is 4.79 Å². The zero-order chi connectivity index (χ0) is 11.7. The van der Waals surface area contributed by atoms with E-state index in [9.17, 15) is 9.59 Å². The zero-order valence-corrected chi connectivity index (χ0v) is 9.12. The molecule has 88 valence electrons. The third kappa shape index (κ3) is 7.90. The monoisotopic (exact) mass is 218 g/mol. The van der Waals surface area contributed by atoms with E-state index in [2.05, 4.69) is 15.1 Å². The maximum Gasteiger partial charge on any atom is 0.438 e. The van der Waals surface area contributed by atoms with Gasteiger partial charge >= 0.3 is 6.09 Å². The van der Waals surface area contributed by atoms with Gasteiger partial charge in [0.25, 0.3) is 0 Å². The molecule has 1 atom stereocenters. The number of carbonyl (C=O) groups is 2. The lowest BCUT2D eigenvalue weighted by Crippen LogP contribution is -2.29. The molecule has 0 aromatic carbocycles. The summed E-state index contributed by atoms with van der Waals surface area (Å²) in [5, 5.41) is 2.47. The van der Waals surface area contributed by atoms with Gasteiger partial charge in [0.05, 0.1) is 13.2 Å². The SMILES string of the molecule is COOC(=O)NCCCCC(N)C(C)=O. The second kappa shape index (κ2) is 8.19. The average molecular weight is 218 g/mol. The van der Waals surface area contributed by atoms with Crippen LogP contribution in [0.5, 0.6) is 0 Å². The number of hydrogen-bond acceptors (Lipinski definition) is 5. The summed E-state index contributed by atoms with van der Waals surface area (Å²) >= 11 is 0. The number of hydrogen-bond donors (Lipinski definition) is 2. The summed E-state index contributed by atoms with van der Waals surface area (Å²) in [6.45, 7) is 1.95. The van der Waals surface area contributed by atoms with Gasteiger partial charge in [-0.15, -0.1) is 0 Å². The standard InChI is InChI=1S/C9H18N2O4/c1-7(12)8(10)5-3-4-6-11-9(13)15-14-2/h8H,3-6,10H2,1-2H3,(H,11,13). The van der Waals surface area contributed by atoms with E-state index in [0.717, 1.165) is 12.8 Å². The highest BCUT2D eigenvalue weighted by atomic mass is 17.2. The number of nitrogens with two attached hydrogens (primary N) is 1. The number of carbonyl (C=O) groups excluding carboxylic acids is 2. The molecular weight excluding hydrogens is 200 g/mol. The van der Waals surface area contributed by atoms with Crippen molar-refractivity contribution in [3.63, 3.8) is 0 Å². The Bertz CT molecular complexity index is 208. The van der Waals surface area contributed by atoms with E-state index in [0.29, 0.717) is 13.0 Å². The normalized spacial score (nSPS) is 11.9. The molecule has 0 aromatic heterocycles. The first-order valence-corrected chi connectivity index (χ1v) is 4.82. The van der Waals surface area contributed by atoms with Crippen LogP contribution in [0, 0.1) is 0 Å². The van der Waals surface area contributed by atoms with Crippen LogP contribution in [-0.4, -0.2) is 31.6 Å². The summed E-state index contributed by atoms with van der Waals surface area (Å²) in [6, 6.07) is -0.393. The predicted molar refractivity (Wildman–Crippen MR) is 54.0 cm³/mol. The van der Waals surface area contributed by atoms with Crippen molar-refractivity contribution in [3.8, 4) is 0 Å². The van der Waals surface area contributed by atoms with E-state index in [4.69, 9.17) is 5.73 Å². The van der Waals surface area contributed by atoms with Gasteiger partial charge in [0.1, 0.15) is 5.78 Å². The van der Waals surface area contributed by atoms with Crippen LogP contribution >= 0.6 is 0 Å². The highest BCUT2D eigenvalue weighted by molar-refractivity contribution is 5.81. The Hall–Kier alpha value is -1.14. The Morgan fingerprint density at radius 1 is 1.40 bits per heavy atom. The van der Waals surface area contributed by atoms with Crippen LogP contribution < -0.4 is 11.1 Å². The van der Waals surface area contributed by atoms with Crippen LogP contribution in [0.3, 0.4) is 0 Å². The van der Waals surface area contributed by atoms with Crippen LogP contribution in [0.25, 0.3) is 0 Å². The average Bonchev–Trinajstić information content (AvgIpc) is 2.17. The van der Waals surface area contributed by atoms with Crippen molar-refractivity contribution in [2.24, 2.45) is 5.73 Å². The van der Waals surface area contributed by atoms with Crippen molar-refractivity contribution in [3.05, 3.63) is 0 Å². The summed E-state index contributed by atoms with van der Waals surface area (Å²) in [4.78, 5) is 29.8. The van der Waals surface area contributed by atoms with Crippen LogP contribution in [-0.2, 0) is 14.6 Å². The molecule has 0 bridgehead atoms. The molecule has 0 radical (unpaired) electrons. The molecule has 1 unspecified atom stereocenters. The Morgan fingerprint density at radius 3 is 2.60 bits per heavy atom. The number of ketones is 1. The first-order chi connectivity index (χ1) is 7.07. The molecule has 0 fully saturated rings. The molecule has 0 spiro atoms. The molecule has 0 aliphatic heterocycles. The predicted octanol–water partition coefficient (Wildman–Crippen LogP) is 0.361. The van der Waals surface area contributed by atoms with Crippen molar-refractivity contribution in [2.75, 3.05) is 13.7 Å². The van der Waals surface area contributed by atoms with Crippen molar-refractivity contribution in [2.45, 2.75) is 32.2 Å². The highest BCUT2D eigenvalue weighted by Crippen LogP contribution is 1.98. The quantitative estimate of drug-likeness (QED) is 0.366. The molecule has 3 N–H and O–H groups in total.